The minimum atomic E-state index is -0.472. The number of anilines is 1. The van der Waals surface area contributed by atoms with Gasteiger partial charge in [-0.2, -0.15) is 0 Å². The number of carbonyl (C=O) groups excluding carboxylic acids is 1. The van der Waals surface area contributed by atoms with Crippen LogP contribution in [0.15, 0.2) is 61.1 Å². The van der Waals surface area contributed by atoms with Gasteiger partial charge in [-0.15, -0.1) is 0 Å². The minimum Gasteiger partial charge on any atom is -0.444 e. The number of carbonyl (C=O) groups is 1. The van der Waals surface area contributed by atoms with Gasteiger partial charge in [-0.05, 0) is 59.4 Å². The van der Waals surface area contributed by atoms with Crippen molar-refractivity contribution in [1.82, 2.24) is 9.36 Å². The summed E-state index contributed by atoms with van der Waals surface area (Å²) < 4.78 is 9.08. The highest BCUT2D eigenvalue weighted by Crippen LogP contribution is 2.14. The Hall–Kier alpha value is -2.73. The van der Waals surface area contributed by atoms with Crippen molar-refractivity contribution >= 4 is 23.3 Å². The molecule has 5 nitrogen and oxygen atoms in total. The Labute approximate surface area is 138 Å². The average molecular weight is 325 g/mol. The van der Waals surface area contributed by atoms with Gasteiger partial charge >= 0.3 is 6.09 Å². The quantitative estimate of drug-likeness (QED) is 0.773. The van der Waals surface area contributed by atoms with Crippen LogP contribution in [-0.2, 0) is 17.8 Å². The predicted molar refractivity (Wildman–Crippen MR) is 89.4 cm³/mol. The van der Waals surface area contributed by atoms with Crippen LogP contribution in [0.4, 0.5) is 10.5 Å². The van der Waals surface area contributed by atoms with Gasteiger partial charge in [0.2, 0.25) is 0 Å². The molecule has 116 valence electrons. The molecule has 3 aromatic rings. The summed E-state index contributed by atoms with van der Waals surface area (Å²) in [7, 11) is 0. The van der Waals surface area contributed by atoms with E-state index in [9.17, 15) is 4.79 Å². The molecule has 0 aliphatic rings. The summed E-state index contributed by atoms with van der Waals surface area (Å²) in [5.41, 5.74) is 3.07. The zero-order valence-corrected chi connectivity index (χ0v) is 13.1. The van der Waals surface area contributed by atoms with Crippen molar-refractivity contribution in [3.05, 3.63) is 77.1 Å². The number of hydrogen-bond acceptors (Lipinski definition) is 5. The van der Waals surface area contributed by atoms with Gasteiger partial charge in [-0.25, -0.2) is 9.17 Å². The third-order valence-electron chi connectivity index (χ3n) is 3.19. The van der Waals surface area contributed by atoms with E-state index >= 15 is 0 Å². The summed E-state index contributed by atoms with van der Waals surface area (Å²) >= 11 is 1.31. The highest BCUT2D eigenvalue weighted by Gasteiger charge is 2.05. The first-order valence-corrected chi connectivity index (χ1v) is 7.88. The van der Waals surface area contributed by atoms with Crippen molar-refractivity contribution in [2.24, 2.45) is 0 Å². The molecule has 1 N–H and O–H groups in total. The fourth-order valence-corrected chi connectivity index (χ4v) is 2.54. The van der Waals surface area contributed by atoms with E-state index in [0.717, 1.165) is 11.3 Å². The molecule has 2 aromatic heterocycles. The fraction of sp³-hybridized carbons (Fsp3) is 0.118. The molecule has 0 atom stereocenters. The highest BCUT2D eigenvalue weighted by atomic mass is 32.1. The van der Waals surface area contributed by atoms with Gasteiger partial charge < -0.3 is 4.74 Å². The summed E-state index contributed by atoms with van der Waals surface area (Å²) in [6.07, 6.45) is 5.61. The molecule has 1 aromatic carbocycles. The summed E-state index contributed by atoms with van der Waals surface area (Å²) in [6, 6.07) is 13.5. The first-order valence-electron chi connectivity index (χ1n) is 7.11. The number of benzene rings is 1. The molecule has 0 saturated carbocycles. The number of hydrogen-bond donors (Lipinski definition) is 1. The molecule has 0 aliphatic heterocycles. The third kappa shape index (κ3) is 4.62. The van der Waals surface area contributed by atoms with Crippen LogP contribution >= 0.6 is 11.5 Å². The zero-order valence-electron chi connectivity index (χ0n) is 12.3. The van der Waals surface area contributed by atoms with E-state index in [2.05, 4.69) is 14.7 Å². The van der Waals surface area contributed by atoms with Gasteiger partial charge in [0.15, 0.2) is 0 Å². The molecule has 0 fully saturated rings. The first-order chi connectivity index (χ1) is 11.3. The van der Waals surface area contributed by atoms with Crippen LogP contribution in [0.2, 0.25) is 0 Å². The van der Waals surface area contributed by atoms with Crippen molar-refractivity contribution < 1.29 is 9.53 Å². The number of rotatable bonds is 5. The minimum absolute atomic E-state index is 0.233. The second kappa shape index (κ2) is 7.51. The molecule has 6 heteroatoms. The maximum Gasteiger partial charge on any atom is 0.411 e. The summed E-state index contributed by atoms with van der Waals surface area (Å²) in [6.45, 7) is 0.233. The van der Waals surface area contributed by atoms with Gasteiger partial charge in [-0.3, -0.25) is 10.3 Å². The van der Waals surface area contributed by atoms with Crippen LogP contribution < -0.4 is 5.32 Å². The summed E-state index contributed by atoms with van der Waals surface area (Å²) in [4.78, 5) is 16.6. The standard InChI is InChI=1S/C17H15N3O2S/c21-17(22-12-16-7-10-19-23-16)20-15-3-1-13(2-4-15)11-14-5-8-18-9-6-14/h1-10H,11-12H2,(H,20,21). The SMILES string of the molecule is O=C(Nc1ccc(Cc2ccncc2)cc1)OCc1ccns1. The number of aromatic nitrogens is 2. The Bertz CT molecular complexity index is 743. The number of nitrogens with one attached hydrogen (secondary N) is 1. The molecular weight excluding hydrogens is 310 g/mol. The molecule has 0 saturated heterocycles. The monoisotopic (exact) mass is 325 g/mol. The Morgan fingerprint density at radius 1 is 1.00 bits per heavy atom. The van der Waals surface area contributed by atoms with Crippen molar-refractivity contribution in [3.63, 3.8) is 0 Å². The number of ether oxygens (including phenoxy) is 1. The zero-order chi connectivity index (χ0) is 15.9. The molecule has 23 heavy (non-hydrogen) atoms. The Morgan fingerprint density at radius 2 is 1.74 bits per heavy atom. The molecule has 0 unspecified atom stereocenters. The van der Waals surface area contributed by atoms with Crippen molar-refractivity contribution in [2.75, 3.05) is 5.32 Å². The number of nitrogens with zero attached hydrogens (tertiary/aromatic N) is 2. The van der Waals surface area contributed by atoms with E-state index in [4.69, 9.17) is 4.74 Å². The predicted octanol–water partition coefficient (Wildman–Crippen LogP) is 3.88. The van der Waals surface area contributed by atoms with Gasteiger partial charge in [-0.1, -0.05) is 12.1 Å². The van der Waals surface area contributed by atoms with E-state index in [1.807, 2.05) is 42.5 Å². The lowest BCUT2D eigenvalue weighted by Crippen LogP contribution is -2.13. The van der Waals surface area contributed by atoms with Crippen molar-refractivity contribution in [2.45, 2.75) is 13.0 Å². The molecular formula is C17H15N3O2S. The molecule has 2 heterocycles. The Morgan fingerprint density at radius 3 is 2.43 bits per heavy atom. The van der Waals surface area contributed by atoms with Gasteiger partial charge in [0, 0.05) is 24.3 Å². The molecule has 1 amide bonds. The number of pyridine rings is 1. The van der Waals surface area contributed by atoms with E-state index in [0.29, 0.717) is 5.69 Å². The van der Waals surface area contributed by atoms with Crippen LogP contribution in [0.1, 0.15) is 16.0 Å². The molecule has 0 bridgehead atoms. The Kier molecular flexibility index (Phi) is 4.95. The van der Waals surface area contributed by atoms with E-state index < -0.39 is 6.09 Å². The third-order valence-corrected chi connectivity index (χ3v) is 3.91. The van der Waals surface area contributed by atoms with Gasteiger partial charge in [0.1, 0.15) is 6.61 Å². The second-order valence-electron chi connectivity index (χ2n) is 4.91. The highest BCUT2D eigenvalue weighted by molar-refractivity contribution is 7.05. The van der Waals surface area contributed by atoms with E-state index in [1.165, 1.54) is 22.7 Å². The lowest BCUT2D eigenvalue weighted by Gasteiger charge is -2.07. The maximum absolute atomic E-state index is 11.7. The lowest BCUT2D eigenvalue weighted by molar-refractivity contribution is 0.156. The summed E-state index contributed by atoms with van der Waals surface area (Å²) in [5.74, 6) is 0. The largest absolute Gasteiger partial charge is 0.444 e. The first kappa shape index (κ1) is 15.2. The van der Waals surface area contributed by atoms with Crippen LogP contribution in [0.3, 0.4) is 0 Å². The maximum atomic E-state index is 11.7. The lowest BCUT2D eigenvalue weighted by atomic mass is 10.1. The van der Waals surface area contributed by atoms with E-state index in [-0.39, 0.29) is 6.61 Å². The van der Waals surface area contributed by atoms with Crippen molar-refractivity contribution in [1.29, 1.82) is 0 Å². The molecule has 0 radical (unpaired) electrons. The molecule has 0 aliphatic carbocycles. The summed E-state index contributed by atoms with van der Waals surface area (Å²) in [5, 5.41) is 2.71. The van der Waals surface area contributed by atoms with E-state index in [1.54, 1.807) is 18.6 Å². The van der Waals surface area contributed by atoms with Crippen molar-refractivity contribution in [3.8, 4) is 0 Å². The topological polar surface area (TPSA) is 64.1 Å². The number of amides is 1. The Balaban J connectivity index is 1.51. The smallest absolute Gasteiger partial charge is 0.411 e. The van der Waals surface area contributed by atoms with Gasteiger partial charge in [0.05, 0.1) is 4.88 Å². The molecule has 3 rings (SSSR count). The average Bonchev–Trinajstić information content (AvgIpc) is 3.09. The molecule has 0 spiro atoms. The van der Waals surface area contributed by atoms with Gasteiger partial charge in [0.25, 0.3) is 0 Å². The van der Waals surface area contributed by atoms with Crippen LogP contribution in [0, 0.1) is 0 Å². The second-order valence-corrected chi connectivity index (χ2v) is 5.83. The van der Waals surface area contributed by atoms with Crippen LogP contribution in [-0.4, -0.2) is 15.5 Å². The van der Waals surface area contributed by atoms with Crippen LogP contribution in [0.25, 0.3) is 0 Å². The normalized spacial score (nSPS) is 10.3. The fourth-order valence-electron chi connectivity index (χ4n) is 2.05. The van der Waals surface area contributed by atoms with Crippen LogP contribution in [0.5, 0.6) is 0 Å².